The molecular weight excluding hydrogens is 246 g/mol. The molecule has 0 N–H and O–H groups in total. The number of likely N-dealkylation sites (N-methyl/N-ethyl adjacent to an activating group) is 1. The fraction of sp³-hybridized carbons (Fsp3) is 0.273. The number of ether oxygens (including phenoxy) is 1. The van der Waals surface area contributed by atoms with Gasteiger partial charge in [0.1, 0.15) is 11.5 Å². The number of esters is 1. The molecule has 1 aromatic rings. The number of methoxy groups -OCH3 is 1. The minimum absolute atomic E-state index is 0.137. The number of hydrogen-bond donors (Lipinski definition) is 0. The van der Waals surface area contributed by atoms with Gasteiger partial charge in [0, 0.05) is 17.6 Å². The average Bonchev–Trinajstić information content (AvgIpc) is 2.28. The smallest absolute Gasteiger partial charge is 0.325 e. The van der Waals surface area contributed by atoms with Gasteiger partial charge >= 0.3 is 5.97 Å². The number of carbonyl (C=O) groups is 1. The van der Waals surface area contributed by atoms with E-state index in [2.05, 4.69) is 4.74 Å². The highest BCUT2D eigenvalue weighted by Gasteiger charge is 2.11. The molecule has 0 aromatic heterocycles. The van der Waals surface area contributed by atoms with Gasteiger partial charge < -0.3 is 9.64 Å². The molecule has 3 nitrogen and oxygen atoms in total. The van der Waals surface area contributed by atoms with Crippen LogP contribution in [0.15, 0.2) is 24.3 Å². The SMILES string of the molecule is COC(=O)CN(C)C(=S)c1ccc(Cl)cc1. The minimum Gasteiger partial charge on any atom is -0.468 e. The summed E-state index contributed by atoms with van der Waals surface area (Å²) in [7, 11) is 3.09. The maximum absolute atomic E-state index is 11.1. The number of rotatable bonds is 3. The van der Waals surface area contributed by atoms with Gasteiger partial charge in [-0.15, -0.1) is 0 Å². The first kappa shape index (κ1) is 12.9. The molecule has 1 aromatic carbocycles. The van der Waals surface area contributed by atoms with Crippen molar-refractivity contribution in [1.82, 2.24) is 4.90 Å². The Bertz CT molecular complexity index is 391. The van der Waals surface area contributed by atoms with Gasteiger partial charge in [-0.3, -0.25) is 4.79 Å². The maximum Gasteiger partial charge on any atom is 0.325 e. The molecular formula is C11H12ClNO2S. The van der Waals surface area contributed by atoms with Gasteiger partial charge in [-0.05, 0) is 12.1 Å². The van der Waals surface area contributed by atoms with E-state index in [4.69, 9.17) is 23.8 Å². The normalized spacial score (nSPS) is 9.69. The summed E-state index contributed by atoms with van der Waals surface area (Å²) in [6.45, 7) is 0.137. The van der Waals surface area contributed by atoms with Crippen molar-refractivity contribution in [2.75, 3.05) is 20.7 Å². The van der Waals surface area contributed by atoms with E-state index in [1.54, 1.807) is 24.1 Å². The number of hydrogen-bond acceptors (Lipinski definition) is 3. The molecule has 0 saturated heterocycles. The zero-order valence-corrected chi connectivity index (χ0v) is 10.6. The van der Waals surface area contributed by atoms with E-state index in [0.717, 1.165) is 5.56 Å². The third-order valence-corrected chi connectivity index (χ3v) is 2.83. The molecule has 0 saturated carbocycles. The van der Waals surface area contributed by atoms with Crippen LogP contribution in [0.3, 0.4) is 0 Å². The molecule has 0 spiro atoms. The van der Waals surface area contributed by atoms with Crippen molar-refractivity contribution in [2.24, 2.45) is 0 Å². The maximum atomic E-state index is 11.1. The zero-order chi connectivity index (χ0) is 12.1. The monoisotopic (exact) mass is 257 g/mol. The first-order valence-corrected chi connectivity index (χ1v) is 5.41. The lowest BCUT2D eigenvalue weighted by Crippen LogP contribution is -2.31. The van der Waals surface area contributed by atoms with E-state index in [1.807, 2.05) is 12.1 Å². The highest BCUT2D eigenvalue weighted by molar-refractivity contribution is 7.80. The molecule has 0 aliphatic carbocycles. The Labute approximate surface area is 105 Å². The lowest BCUT2D eigenvalue weighted by atomic mass is 10.2. The van der Waals surface area contributed by atoms with E-state index < -0.39 is 0 Å². The summed E-state index contributed by atoms with van der Waals surface area (Å²) in [5.41, 5.74) is 0.853. The fourth-order valence-electron chi connectivity index (χ4n) is 1.14. The Morgan fingerprint density at radius 2 is 2.00 bits per heavy atom. The first-order valence-electron chi connectivity index (χ1n) is 4.62. The molecule has 0 aliphatic heterocycles. The second-order valence-corrected chi connectivity index (χ2v) is 4.07. The second kappa shape index (κ2) is 5.82. The van der Waals surface area contributed by atoms with Crippen molar-refractivity contribution < 1.29 is 9.53 Å². The lowest BCUT2D eigenvalue weighted by Gasteiger charge is -2.18. The summed E-state index contributed by atoms with van der Waals surface area (Å²) < 4.78 is 4.56. The van der Waals surface area contributed by atoms with E-state index >= 15 is 0 Å². The predicted molar refractivity (Wildman–Crippen MR) is 67.8 cm³/mol. The van der Waals surface area contributed by atoms with Gasteiger partial charge in [0.2, 0.25) is 0 Å². The quantitative estimate of drug-likeness (QED) is 0.613. The summed E-state index contributed by atoms with van der Waals surface area (Å²) >= 11 is 11.0. The van der Waals surface area contributed by atoms with Crippen molar-refractivity contribution in [3.63, 3.8) is 0 Å². The molecule has 16 heavy (non-hydrogen) atoms. The molecule has 5 heteroatoms. The highest BCUT2D eigenvalue weighted by Crippen LogP contribution is 2.11. The fourth-order valence-corrected chi connectivity index (χ4v) is 1.47. The third kappa shape index (κ3) is 3.47. The molecule has 86 valence electrons. The molecule has 0 amide bonds. The standard InChI is InChI=1S/C11H12ClNO2S/c1-13(7-10(14)15-2)11(16)8-3-5-9(12)6-4-8/h3-6H,7H2,1-2H3. The highest BCUT2D eigenvalue weighted by atomic mass is 35.5. The molecule has 1 rings (SSSR count). The number of benzene rings is 1. The second-order valence-electron chi connectivity index (χ2n) is 3.24. The van der Waals surface area contributed by atoms with E-state index in [9.17, 15) is 4.79 Å². The number of nitrogens with zero attached hydrogens (tertiary/aromatic N) is 1. The van der Waals surface area contributed by atoms with Crippen molar-refractivity contribution in [1.29, 1.82) is 0 Å². The Kier molecular flexibility index (Phi) is 4.71. The van der Waals surface area contributed by atoms with Crippen LogP contribution in [-0.4, -0.2) is 36.6 Å². The van der Waals surface area contributed by atoms with Gasteiger partial charge in [-0.25, -0.2) is 0 Å². The largest absolute Gasteiger partial charge is 0.468 e. The van der Waals surface area contributed by atoms with Crippen LogP contribution in [0.5, 0.6) is 0 Å². The van der Waals surface area contributed by atoms with Crippen LogP contribution in [0.2, 0.25) is 5.02 Å². The average molecular weight is 258 g/mol. The van der Waals surface area contributed by atoms with Crippen LogP contribution in [0.4, 0.5) is 0 Å². The van der Waals surface area contributed by atoms with Crippen LogP contribution in [-0.2, 0) is 9.53 Å². The van der Waals surface area contributed by atoms with Gasteiger partial charge in [-0.1, -0.05) is 36.0 Å². The summed E-state index contributed by atoms with van der Waals surface area (Å²) in [5, 5.41) is 0.655. The van der Waals surface area contributed by atoms with Crippen LogP contribution in [0.25, 0.3) is 0 Å². The van der Waals surface area contributed by atoms with Crippen LogP contribution in [0, 0.1) is 0 Å². The number of carbonyl (C=O) groups excluding carboxylic acids is 1. The zero-order valence-electron chi connectivity index (χ0n) is 9.07. The molecule has 0 unspecified atom stereocenters. The van der Waals surface area contributed by atoms with Crippen LogP contribution < -0.4 is 0 Å². The minimum atomic E-state index is -0.321. The Morgan fingerprint density at radius 3 is 2.50 bits per heavy atom. The summed E-state index contributed by atoms with van der Waals surface area (Å²) in [6, 6.07) is 7.15. The third-order valence-electron chi connectivity index (χ3n) is 2.03. The summed E-state index contributed by atoms with van der Waals surface area (Å²) in [5.74, 6) is -0.321. The van der Waals surface area contributed by atoms with E-state index in [1.165, 1.54) is 7.11 Å². The van der Waals surface area contributed by atoms with Crippen molar-refractivity contribution >= 4 is 34.8 Å². The molecule has 0 bridgehead atoms. The van der Waals surface area contributed by atoms with Crippen LogP contribution in [0.1, 0.15) is 5.56 Å². The Balaban J connectivity index is 2.70. The van der Waals surface area contributed by atoms with Gasteiger partial charge in [0.05, 0.1) is 7.11 Å². The molecule has 0 heterocycles. The molecule has 0 radical (unpaired) electrons. The lowest BCUT2D eigenvalue weighted by molar-refractivity contribution is -0.140. The van der Waals surface area contributed by atoms with Gasteiger partial charge in [0.15, 0.2) is 0 Å². The molecule has 0 fully saturated rings. The van der Waals surface area contributed by atoms with Crippen molar-refractivity contribution in [3.8, 4) is 0 Å². The Hall–Kier alpha value is -1.13. The van der Waals surface area contributed by atoms with E-state index in [0.29, 0.717) is 10.0 Å². The predicted octanol–water partition coefficient (Wildman–Crippen LogP) is 2.12. The number of thiocarbonyl (C=S) groups is 1. The van der Waals surface area contributed by atoms with Gasteiger partial charge in [0.25, 0.3) is 0 Å². The summed E-state index contributed by atoms with van der Waals surface area (Å²) in [4.78, 5) is 13.3. The Morgan fingerprint density at radius 1 is 1.44 bits per heavy atom. The van der Waals surface area contributed by atoms with Gasteiger partial charge in [-0.2, -0.15) is 0 Å². The first-order chi connectivity index (χ1) is 7.54. The van der Waals surface area contributed by atoms with E-state index in [-0.39, 0.29) is 12.5 Å². The summed E-state index contributed by atoms with van der Waals surface area (Å²) in [6.07, 6.45) is 0. The topological polar surface area (TPSA) is 29.5 Å². The van der Waals surface area contributed by atoms with Crippen LogP contribution >= 0.6 is 23.8 Å². The van der Waals surface area contributed by atoms with Crippen molar-refractivity contribution in [3.05, 3.63) is 34.9 Å². The van der Waals surface area contributed by atoms with Crippen molar-refractivity contribution in [2.45, 2.75) is 0 Å². The number of halogens is 1. The molecule has 0 atom stereocenters. The molecule has 0 aliphatic rings.